The molecule has 8 heteroatoms. The zero-order valence-electron chi connectivity index (χ0n) is 20.1. The summed E-state index contributed by atoms with van der Waals surface area (Å²) in [5.74, 6) is 1.42. The molecule has 2 aromatic rings. The van der Waals surface area contributed by atoms with Crippen molar-refractivity contribution in [2.24, 2.45) is 0 Å². The maximum absolute atomic E-state index is 13.6. The summed E-state index contributed by atoms with van der Waals surface area (Å²) < 4.78 is 52.0. The summed E-state index contributed by atoms with van der Waals surface area (Å²) in [5, 5.41) is 8.28. The van der Waals surface area contributed by atoms with Crippen LogP contribution in [0.3, 0.4) is 0 Å². The number of hydrogen-bond donors (Lipinski definition) is 0. The van der Waals surface area contributed by atoms with E-state index < -0.39 is 17.0 Å². The largest absolute Gasteiger partial charge is 0.400 e. The quantitative estimate of drug-likeness (QED) is 0.530. The van der Waals surface area contributed by atoms with Crippen molar-refractivity contribution in [1.29, 1.82) is 0 Å². The van der Waals surface area contributed by atoms with E-state index in [0.29, 0.717) is 17.9 Å². The second-order valence-electron chi connectivity index (χ2n) is 11.7. The van der Waals surface area contributed by atoms with Crippen LogP contribution in [0, 0.1) is 6.92 Å². The molecule has 0 bridgehead atoms. The third kappa shape index (κ3) is 3.88. The van der Waals surface area contributed by atoms with Crippen LogP contribution in [0.2, 0.25) is 0 Å². The van der Waals surface area contributed by atoms with Gasteiger partial charge in [-0.25, -0.2) is 0 Å². The number of nitrogens with zero attached hydrogens (tertiary/aromatic N) is 3. The molecule has 32 heavy (non-hydrogen) atoms. The van der Waals surface area contributed by atoms with Crippen LogP contribution in [0.1, 0.15) is 88.8 Å². The van der Waals surface area contributed by atoms with Gasteiger partial charge in [0.15, 0.2) is 0 Å². The second kappa shape index (κ2) is 7.08. The van der Waals surface area contributed by atoms with Crippen LogP contribution in [0.25, 0.3) is 0 Å². The van der Waals surface area contributed by atoms with Gasteiger partial charge >= 0.3 is 6.18 Å². The SMILES string of the molecule is Cc1c(C2(C(F)(F)F)CC2)noc1C(C)(C)CN(C)CC1(c2cc(C(C)(C)C)on2)CC1. The Labute approximate surface area is 187 Å². The van der Waals surface area contributed by atoms with Crippen LogP contribution in [-0.2, 0) is 21.7 Å². The van der Waals surface area contributed by atoms with Gasteiger partial charge in [0.25, 0.3) is 0 Å². The molecule has 4 rings (SSSR count). The molecule has 2 heterocycles. The molecule has 0 atom stereocenters. The lowest BCUT2D eigenvalue weighted by Gasteiger charge is -2.31. The number of halogens is 3. The molecular formula is C24H34F3N3O2. The molecule has 2 fully saturated rings. The third-order valence-corrected chi connectivity index (χ3v) is 7.17. The van der Waals surface area contributed by atoms with E-state index in [4.69, 9.17) is 9.05 Å². The molecule has 178 valence electrons. The molecule has 0 radical (unpaired) electrons. The van der Waals surface area contributed by atoms with E-state index in [1.165, 1.54) is 0 Å². The Hall–Kier alpha value is -1.83. The lowest BCUT2D eigenvalue weighted by atomic mass is 9.84. The summed E-state index contributed by atoms with van der Waals surface area (Å²) in [6.07, 6.45) is -2.03. The number of alkyl halides is 3. The van der Waals surface area contributed by atoms with Gasteiger partial charge in [-0.3, -0.25) is 0 Å². The van der Waals surface area contributed by atoms with E-state index in [1.54, 1.807) is 6.92 Å². The van der Waals surface area contributed by atoms with Gasteiger partial charge in [-0.2, -0.15) is 13.2 Å². The monoisotopic (exact) mass is 453 g/mol. The third-order valence-electron chi connectivity index (χ3n) is 7.17. The molecule has 2 aromatic heterocycles. The zero-order chi connectivity index (χ0) is 23.7. The van der Waals surface area contributed by atoms with Crippen molar-refractivity contribution in [3.63, 3.8) is 0 Å². The van der Waals surface area contributed by atoms with Gasteiger partial charge < -0.3 is 13.9 Å². The minimum absolute atomic E-state index is 0.0200. The molecule has 2 aliphatic rings. The summed E-state index contributed by atoms with van der Waals surface area (Å²) >= 11 is 0. The topological polar surface area (TPSA) is 55.3 Å². The highest BCUT2D eigenvalue weighted by Crippen LogP contribution is 2.59. The van der Waals surface area contributed by atoms with E-state index >= 15 is 0 Å². The molecule has 0 spiro atoms. The van der Waals surface area contributed by atoms with Crippen molar-refractivity contribution in [3.05, 3.63) is 34.5 Å². The number of rotatable bonds is 7. The summed E-state index contributed by atoms with van der Waals surface area (Å²) in [4.78, 5) is 2.22. The Morgan fingerprint density at radius 3 is 2.09 bits per heavy atom. The molecule has 0 unspecified atom stereocenters. The first kappa shape index (κ1) is 23.3. The second-order valence-corrected chi connectivity index (χ2v) is 11.7. The Bertz CT molecular complexity index is 989. The van der Waals surface area contributed by atoms with Crippen LogP contribution in [0.5, 0.6) is 0 Å². The molecule has 2 aliphatic carbocycles. The predicted molar refractivity (Wildman–Crippen MR) is 115 cm³/mol. The van der Waals surface area contributed by atoms with E-state index in [-0.39, 0.29) is 29.4 Å². The highest BCUT2D eigenvalue weighted by atomic mass is 19.4. The van der Waals surface area contributed by atoms with Crippen LogP contribution in [-0.4, -0.2) is 41.5 Å². The Balaban J connectivity index is 1.48. The Morgan fingerprint density at radius 1 is 1.00 bits per heavy atom. The van der Waals surface area contributed by atoms with Crippen molar-refractivity contribution in [1.82, 2.24) is 15.2 Å². The van der Waals surface area contributed by atoms with Crippen molar-refractivity contribution < 1.29 is 22.2 Å². The van der Waals surface area contributed by atoms with Crippen LogP contribution < -0.4 is 0 Å². The van der Waals surface area contributed by atoms with Crippen LogP contribution in [0.4, 0.5) is 13.2 Å². The average molecular weight is 454 g/mol. The molecule has 0 aromatic carbocycles. The van der Waals surface area contributed by atoms with Gasteiger partial charge in [-0.15, -0.1) is 0 Å². The lowest BCUT2D eigenvalue weighted by Crippen LogP contribution is -2.39. The summed E-state index contributed by atoms with van der Waals surface area (Å²) in [6, 6.07) is 2.07. The number of aromatic nitrogens is 2. The Morgan fingerprint density at radius 2 is 1.62 bits per heavy atom. The standard InChI is InChI=1S/C24H34F3N3O2/c1-15-18(23(10-11-23)24(25,26)27)29-32-19(15)21(5,6)13-30(7)14-22(8-9-22)16-12-17(31-28-16)20(2,3)4/h12H,8-11,13-14H2,1-7H3. The fourth-order valence-electron chi connectivity index (χ4n) is 5.04. The highest BCUT2D eigenvalue weighted by Gasteiger charge is 2.67. The average Bonchev–Trinajstić information content (AvgIpc) is 3.50. The van der Waals surface area contributed by atoms with Gasteiger partial charge in [0.1, 0.15) is 22.6 Å². The van der Waals surface area contributed by atoms with E-state index in [1.807, 2.05) is 20.9 Å². The first-order chi connectivity index (χ1) is 14.6. The summed E-state index contributed by atoms with van der Waals surface area (Å²) in [5.41, 5.74) is -0.831. The fraction of sp³-hybridized carbons (Fsp3) is 0.750. The molecule has 5 nitrogen and oxygen atoms in total. The minimum atomic E-state index is -4.30. The maximum Gasteiger partial charge on any atom is 0.400 e. The van der Waals surface area contributed by atoms with Crippen LogP contribution in [0.15, 0.2) is 15.1 Å². The summed E-state index contributed by atoms with van der Waals surface area (Å²) in [7, 11) is 2.04. The molecule has 0 amide bonds. The van der Waals surface area contributed by atoms with E-state index in [2.05, 4.69) is 42.1 Å². The van der Waals surface area contributed by atoms with Crippen LogP contribution >= 0.6 is 0 Å². The zero-order valence-corrected chi connectivity index (χ0v) is 20.1. The highest BCUT2D eigenvalue weighted by molar-refractivity contribution is 5.38. The first-order valence-corrected chi connectivity index (χ1v) is 11.3. The fourth-order valence-corrected chi connectivity index (χ4v) is 5.04. The number of likely N-dealkylation sites (N-methyl/N-ethyl adjacent to an activating group) is 1. The molecular weight excluding hydrogens is 419 g/mol. The Kier molecular flexibility index (Phi) is 5.16. The molecule has 0 aliphatic heterocycles. The van der Waals surface area contributed by atoms with Crippen molar-refractivity contribution in [2.45, 2.75) is 95.1 Å². The van der Waals surface area contributed by atoms with E-state index in [9.17, 15) is 13.2 Å². The maximum atomic E-state index is 13.6. The van der Waals surface area contributed by atoms with Gasteiger partial charge in [0.05, 0.1) is 5.69 Å². The van der Waals surface area contributed by atoms with Gasteiger partial charge in [-0.05, 0) is 39.7 Å². The minimum Gasteiger partial charge on any atom is -0.361 e. The molecule has 0 N–H and O–H groups in total. The number of hydrogen-bond acceptors (Lipinski definition) is 5. The van der Waals surface area contributed by atoms with Crippen molar-refractivity contribution >= 4 is 0 Å². The van der Waals surface area contributed by atoms with E-state index in [0.717, 1.165) is 30.8 Å². The first-order valence-electron chi connectivity index (χ1n) is 11.3. The molecule has 2 saturated carbocycles. The van der Waals surface area contributed by atoms with Gasteiger partial charge in [0.2, 0.25) is 0 Å². The summed E-state index contributed by atoms with van der Waals surface area (Å²) in [6.45, 7) is 13.5. The van der Waals surface area contributed by atoms with Crippen molar-refractivity contribution in [2.75, 3.05) is 20.1 Å². The molecule has 0 saturated heterocycles. The smallest absolute Gasteiger partial charge is 0.361 e. The lowest BCUT2D eigenvalue weighted by molar-refractivity contribution is -0.162. The predicted octanol–water partition coefficient (Wildman–Crippen LogP) is 5.80. The van der Waals surface area contributed by atoms with Gasteiger partial charge in [-0.1, -0.05) is 44.9 Å². The van der Waals surface area contributed by atoms with Crippen molar-refractivity contribution in [3.8, 4) is 0 Å². The normalized spacial score (nSPS) is 20.1. The van der Waals surface area contributed by atoms with Gasteiger partial charge in [0, 0.05) is 41.0 Å².